The average molecular weight is 218 g/mol. The van der Waals surface area contributed by atoms with Crippen molar-refractivity contribution in [3.63, 3.8) is 0 Å². The number of nitrogens with two attached hydrogens (primary N) is 1. The van der Waals surface area contributed by atoms with Crippen LogP contribution in [0.2, 0.25) is 5.02 Å². The van der Waals surface area contributed by atoms with E-state index in [4.69, 9.17) is 28.9 Å². The highest BCUT2D eigenvalue weighted by molar-refractivity contribution is 6.34. The summed E-state index contributed by atoms with van der Waals surface area (Å²) in [7, 11) is 0. The Morgan fingerprint density at radius 3 is 2.85 bits per heavy atom. The van der Waals surface area contributed by atoms with E-state index in [2.05, 4.69) is 16.9 Å². The van der Waals surface area contributed by atoms with Crippen molar-refractivity contribution in [2.24, 2.45) is 0 Å². The van der Waals surface area contributed by atoms with E-state index in [1.807, 2.05) is 0 Å². The number of anilines is 2. The molecule has 0 aliphatic heterocycles. The topological polar surface area (TPSA) is 50.9 Å². The summed E-state index contributed by atoms with van der Waals surface area (Å²) >= 11 is 11.4. The Bertz CT molecular complexity index is 305. The molecule has 0 aromatic carbocycles. The zero-order valence-corrected chi connectivity index (χ0v) is 8.36. The lowest BCUT2D eigenvalue weighted by atomic mass is 10.3. The molecular weight excluding hydrogens is 209 g/mol. The zero-order valence-electron chi connectivity index (χ0n) is 6.85. The van der Waals surface area contributed by atoms with Crippen LogP contribution in [0.3, 0.4) is 0 Å². The number of aromatic nitrogens is 1. The lowest BCUT2D eigenvalue weighted by Gasteiger charge is -2.09. The molecule has 3 nitrogen and oxygen atoms in total. The van der Waals surface area contributed by atoms with Crippen LogP contribution in [0.15, 0.2) is 24.0 Å². The van der Waals surface area contributed by atoms with E-state index in [0.717, 1.165) is 0 Å². The average Bonchev–Trinajstić information content (AvgIpc) is 2.03. The van der Waals surface area contributed by atoms with Crippen LogP contribution in [-0.4, -0.2) is 11.5 Å². The monoisotopic (exact) mass is 217 g/mol. The molecule has 1 rings (SSSR count). The summed E-state index contributed by atoms with van der Waals surface area (Å²) in [6, 6.07) is 0. The first-order chi connectivity index (χ1) is 6.11. The van der Waals surface area contributed by atoms with Crippen LogP contribution in [0.25, 0.3) is 0 Å². The quantitative estimate of drug-likeness (QED) is 0.819. The number of hydrogen-bond donors (Lipinski definition) is 2. The number of hydrogen-bond acceptors (Lipinski definition) is 3. The highest BCUT2D eigenvalue weighted by atomic mass is 35.5. The van der Waals surface area contributed by atoms with Gasteiger partial charge in [0.15, 0.2) is 0 Å². The molecule has 0 aliphatic carbocycles. The Balaban J connectivity index is 2.81. The van der Waals surface area contributed by atoms with Gasteiger partial charge in [-0.3, -0.25) is 4.98 Å². The maximum atomic E-state index is 5.84. The maximum absolute atomic E-state index is 5.84. The fourth-order valence-corrected chi connectivity index (χ4v) is 1.12. The van der Waals surface area contributed by atoms with Gasteiger partial charge in [-0.1, -0.05) is 29.8 Å². The molecule has 0 amide bonds. The molecule has 0 bridgehead atoms. The minimum atomic E-state index is 0.426. The van der Waals surface area contributed by atoms with Gasteiger partial charge in [0.1, 0.15) is 0 Å². The second kappa shape index (κ2) is 4.35. The SMILES string of the molecule is C=C(Cl)CNc1c(N)cncc1Cl. The van der Waals surface area contributed by atoms with Crippen molar-refractivity contribution in [3.8, 4) is 0 Å². The lowest BCUT2D eigenvalue weighted by molar-refractivity contribution is 1.27. The van der Waals surface area contributed by atoms with Gasteiger partial charge in [-0.05, 0) is 0 Å². The molecule has 0 saturated carbocycles. The molecule has 1 aromatic heterocycles. The minimum Gasteiger partial charge on any atom is -0.396 e. The molecule has 1 heterocycles. The van der Waals surface area contributed by atoms with Crippen molar-refractivity contribution in [1.29, 1.82) is 0 Å². The second-order valence-electron chi connectivity index (χ2n) is 2.46. The van der Waals surface area contributed by atoms with Crippen molar-refractivity contribution in [2.75, 3.05) is 17.6 Å². The Morgan fingerprint density at radius 1 is 1.62 bits per heavy atom. The molecule has 0 atom stereocenters. The Morgan fingerprint density at radius 2 is 2.31 bits per heavy atom. The zero-order chi connectivity index (χ0) is 9.84. The van der Waals surface area contributed by atoms with Crippen molar-refractivity contribution in [1.82, 2.24) is 4.98 Å². The summed E-state index contributed by atoms with van der Waals surface area (Å²) in [6.45, 7) is 3.96. The molecule has 0 fully saturated rings. The van der Waals surface area contributed by atoms with Crippen LogP contribution in [0.4, 0.5) is 11.4 Å². The van der Waals surface area contributed by atoms with E-state index in [9.17, 15) is 0 Å². The van der Waals surface area contributed by atoms with Gasteiger partial charge in [0.05, 0.1) is 29.1 Å². The third-order valence-corrected chi connectivity index (χ3v) is 1.81. The molecule has 0 unspecified atom stereocenters. The van der Waals surface area contributed by atoms with Crippen molar-refractivity contribution >= 4 is 34.6 Å². The molecule has 0 radical (unpaired) electrons. The molecular formula is C8H9Cl2N3. The highest BCUT2D eigenvalue weighted by Crippen LogP contribution is 2.26. The summed E-state index contributed by atoms with van der Waals surface area (Å²) in [5, 5.41) is 3.92. The van der Waals surface area contributed by atoms with Gasteiger partial charge < -0.3 is 11.1 Å². The molecule has 70 valence electrons. The van der Waals surface area contributed by atoms with Crippen LogP contribution in [0, 0.1) is 0 Å². The first-order valence-corrected chi connectivity index (χ1v) is 4.33. The van der Waals surface area contributed by atoms with Gasteiger partial charge in [-0.15, -0.1) is 0 Å². The summed E-state index contributed by atoms with van der Waals surface area (Å²) in [4.78, 5) is 3.82. The van der Waals surface area contributed by atoms with Crippen LogP contribution in [-0.2, 0) is 0 Å². The van der Waals surface area contributed by atoms with Gasteiger partial charge >= 0.3 is 0 Å². The van der Waals surface area contributed by atoms with Crippen molar-refractivity contribution in [2.45, 2.75) is 0 Å². The maximum Gasteiger partial charge on any atom is 0.0841 e. The summed E-state index contributed by atoms with van der Waals surface area (Å²) < 4.78 is 0. The van der Waals surface area contributed by atoms with Gasteiger partial charge in [-0.25, -0.2) is 0 Å². The standard InChI is InChI=1S/C8H9Cl2N3/c1-5(9)2-13-8-6(10)3-12-4-7(8)11/h3-4H,1-2,11H2,(H,12,13). The van der Waals surface area contributed by atoms with Gasteiger partial charge in [0.25, 0.3) is 0 Å². The largest absolute Gasteiger partial charge is 0.396 e. The first kappa shape index (κ1) is 10.2. The number of nitrogens with zero attached hydrogens (tertiary/aromatic N) is 1. The number of halogens is 2. The third kappa shape index (κ3) is 2.79. The Kier molecular flexibility index (Phi) is 3.39. The van der Waals surface area contributed by atoms with Crippen LogP contribution in [0.5, 0.6) is 0 Å². The number of pyridine rings is 1. The van der Waals surface area contributed by atoms with Crippen LogP contribution >= 0.6 is 23.2 Å². The molecule has 0 saturated heterocycles. The molecule has 0 aliphatic rings. The fraction of sp³-hybridized carbons (Fsp3) is 0.125. The van der Waals surface area contributed by atoms with Crippen LogP contribution < -0.4 is 11.1 Å². The van der Waals surface area contributed by atoms with Crippen LogP contribution in [0.1, 0.15) is 0 Å². The smallest absolute Gasteiger partial charge is 0.0841 e. The molecule has 5 heteroatoms. The molecule has 1 aromatic rings. The predicted octanol–water partition coefficient (Wildman–Crippen LogP) is 2.48. The summed E-state index contributed by atoms with van der Waals surface area (Å²) in [5.74, 6) is 0. The van der Waals surface area contributed by atoms with E-state index >= 15 is 0 Å². The molecule has 0 spiro atoms. The van der Waals surface area contributed by atoms with E-state index in [1.54, 1.807) is 0 Å². The third-order valence-electron chi connectivity index (χ3n) is 1.39. The predicted molar refractivity (Wildman–Crippen MR) is 57.1 cm³/mol. The van der Waals surface area contributed by atoms with E-state index in [0.29, 0.717) is 28.0 Å². The van der Waals surface area contributed by atoms with Gasteiger partial charge in [0.2, 0.25) is 0 Å². The number of nitrogens with one attached hydrogen (secondary N) is 1. The Labute approximate surface area is 86.6 Å². The number of rotatable bonds is 3. The van der Waals surface area contributed by atoms with E-state index in [1.165, 1.54) is 12.4 Å². The van der Waals surface area contributed by atoms with E-state index < -0.39 is 0 Å². The second-order valence-corrected chi connectivity index (χ2v) is 3.40. The lowest BCUT2D eigenvalue weighted by Crippen LogP contribution is -2.04. The summed E-state index contributed by atoms with van der Waals surface area (Å²) in [5.41, 5.74) is 6.75. The van der Waals surface area contributed by atoms with Crippen molar-refractivity contribution < 1.29 is 0 Å². The Hall–Kier alpha value is -0.930. The van der Waals surface area contributed by atoms with Crippen molar-refractivity contribution in [3.05, 3.63) is 29.0 Å². The van der Waals surface area contributed by atoms with E-state index in [-0.39, 0.29) is 0 Å². The number of nitrogen functional groups attached to an aromatic ring is 1. The molecule has 13 heavy (non-hydrogen) atoms. The summed E-state index contributed by atoms with van der Waals surface area (Å²) in [6.07, 6.45) is 3.03. The van der Waals surface area contributed by atoms with Gasteiger partial charge in [-0.2, -0.15) is 0 Å². The fourth-order valence-electron chi connectivity index (χ4n) is 0.821. The normalized spacial score (nSPS) is 9.69. The first-order valence-electron chi connectivity index (χ1n) is 3.57. The molecule has 3 N–H and O–H groups in total. The van der Waals surface area contributed by atoms with Gasteiger partial charge in [0, 0.05) is 11.2 Å². The minimum absolute atomic E-state index is 0.426. The highest BCUT2D eigenvalue weighted by Gasteiger charge is 2.03.